The highest BCUT2D eigenvalue weighted by Gasteiger charge is 2.35. The monoisotopic (exact) mass is 297 g/mol. The Labute approximate surface area is 124 Å². The van der Waals surface area contributed by atoms with Crippen LogP contribution in [0.15, 0.2) is 12.4 Å². The Morgan fingerprint density at radius 2 is 2.20 bits per heavy atom. The van der Waals surface area contributed by atoms with Crippen LogP contribution in [0.2, 0.25) is 5.15 Å². The van der Waals surface area contributed by atoms with Crippen molar-refractivity contribution in [3.63, 3.8) is 0 Å². The first-order valence-corrected chi connectivity index (χ1v) is 7.38. The first-order chi connectivity index (χ1) is 9.58. The van der Waals surface area contributed by atoms with Crippen molar-refractivity contribution < 1.29 is 9.53 Å². The second-order valence-electron chi connectivity index (χ2n) is 5.13. The predicted molar refractivity (Wildman–Crippen MR) is 76.8 cm³/mol. The summed E-state index contributed by atoms with van der Waals surface area (Å²) < 4.78 is 5.90. The maximum atomic E-state index is 12.1. The molecule has 1 saturated heterocycles. The average molecular weight is 298 g/mol. The molecule has 1 amide bonds. The van der Waals surface area contributed by atoms with Gasteiger partial charge in [-0.1, -0.05) is 25.4 Å². The van der Waals surface area contributed by atoms with E-state index < -0.39 is 0 Å². The van der Waals surface area contributed by atoms with Crippen molar-refractivity contribution in [1.29, 1.82) is 0 Å². The van der Waals surface area contributed by atoms with Crippen molar-refractivity contribution in [2.45, 2.75) is 51.2 Å². The van der Waals surface area contributed by atoms with Crippen LogP contribution in [0.1, 0.15) is 50.0 Å². The van der Waals surface area contributed by atoms with Gasteiger partial charge in [-0.05, 0) is 25.7 Å². The van der Waals surface area contributed by atoms with Crippen LogP contribution < -0.4 is 5.32 Å². The van der Waals surface area contributed by atoms with E-state index in [4.69, 9.17) is 16.3 Å². The smallest absolute Gasteiger partial charge is 0.271 e. The fourth-order valence-corrected chi connectivity index (χ4v) is 2.68. The molecule has 1 aliphatic rings. The highest BCUT2D eigenvalue weighted by atomic mass is 35.5. The molecule has 0 bridgehead atoms. The lowest BCUT2D eigenvalue weighted by molar-refractivity contribution is -0.0918. The fourth-order valence-electron chi connectivity index (χ4n) is 2.58. The van der Waals surface area contributed by atoms with Gasteiger partial charge in [0, 0.05) is 12.6 Å². The van der Waals surface area contributed by atoms with Gasteiger partial charge >= 0.3 is 0 Å². The zero-order valence-electron chi connectivity index (χ0n) is 11.9. The second kappa shape index (κ2) is 6.50. The molecule has 0 aliphatic carbocycles. The number of carbonyl (C=O) groups is 1. The van der Waals surface area contributed by atoms with Crippen LogP contribution in [-0.4, -0.2) is 34.1 Å². The third kappa shape index (κ3) is 3.46. The largest absolute Gasteiger partial charge is 0.375 e. The van der Waals surface area contributed by atoms with Crippen LogP contribution in [0.5, 0.6) is 0 Å². The summed E-state index contributed by atoms with van der Waals surface area (Å²) in [6, 6.07) is 0.119. The molecule has 5 nitrogen and oxygen atoms in total. The first-order valence-electron chi connectivity index (χ1n) is 7.01. The summed E-state index contributed by atoms with van der Waals surface area (Å²) in [6.45, 7) is 4.93. The van der Waals surface area contributed by atoms with Crippen LogP contribution >= 0.6 is 11.6 Å². The van der Waals surface area contributed by atoms with E-state index in [1.807, 2.05) is 0 Å². The van der Waals surface area contributed by atoms with E-state index in [1.165, 1.54) is 12.4 Å². The van der Waals surface area contributed by atoms with Crippen molar-refractivity contribution in [1.82, 2.24) is 15.3 Å². The van der Waals surface area contributed by atoms with Crippen molar-refractivity contribution in [3.05, 3.63) is 23.2 Å². The Kier molecular flexibility index (Phi) is 4.94. The van der Waals surface area contributed by atoms with Crippen LogP contribution in [0.3, 0.4) is 0 Å². The van der Waals surface area contributed by atoms with E-state index in [0.29, 0.717) is 12.3 Å². The van der Waals surface area contributed by atoms with Gasteiger partial charge in [-0.3, -0.25) is 4.79 Å². The Bertz CT molecular complexity index is 460. The van der Waals surface area contributed by atoms with E-state index in [9.17, 15) is 4.79 Å². The van der Waals surface area contributed by atoms with Gasteiger partial charge < -0.3 is 10.1 Å². The SMILES string of the molecule is CCC1(CC)CC(NC(=O)c2cnc(Cl)cn2)CCO1. The van der Waals surface area contributed by atoms with Gasteiger partial charge in [0.1, 0.15) is 10.8 Å². The van der Waals surface area contributed by atoms with Crippen LogP contribution in [0.4, 0.5) is 0 Å². The lowest BCUT2D eigenvalue weighted by Crippen LogP contribution is -2.48. The highest BCUT2D eigenvalue weighted by molar-refractivity contribution is 6.29. The molecule has 6 heteroatoms. The number of nitrogens with zero attached hydrogens (tertiary/aromatic N) is 2. The zero-order valence-corrected chi connectivity index (χ0v) is 12.6. The number of carbonyl (C=O) groups excluding carboxylic acids is 1. The summed E-state index contributed by atoms with van der Waals surface area (Å²) in [5.41, 5.74) is 0.182. The number of amides is 1. The van der Waals surface area contributed by atoms with Gasteiger partial charge in [0.2, 0.25) is 0 Å². The van der Waals surface area contributed by atoms with E-state index in [0.717, 1.165) is 25.7 Å². The fraction of sp³-hybridized carbons (Fsp3) is 0.643. The summed E-state index contributed by atoms with van der Waals surface area (Å²) in [5.74, 6) is -0.206. The molecule has 1 atom stereocenters. The molecule has 1 unspecified atom stereocenters. The van der Waals surface area contributed by atoms with Gasteiger partial charge in [0.05, 0.1) is 18.0 Å². The number of halogens is 1. The normalized spacial score (nSPS) is 21.4. The maximum Gasteiger partial charge on any atom is 0.271 e. The molecule has 20 heavy (non-hydrogen) atoms. The Morgan fingerprint density at radius 1 is 1.45 bits per heavy atom. The predicted octanol–water partition coefficient (Wildman–Crippen LogP) is 2.60. The third-order valence-electron chi connectivity index (χ3n) is 3.97. The molecule has 2 rings (SSSR count). The third-order valence-corrected chi connectivity index (χ3v) is 4.17. The van der Waals surface area contributed by atoms with Crippen molar-refractivity contribution in [3.8, 4) is 0 Å². The van der Waals surface area contributed by atoms with Gasteiger partial charge in [-0.15, -0.1) is 0 Å². The van der Waals surface area contributed by atoms with Gasteiger partial charge in [0.15, 0.2) is 0 Å². The maximum absolute atomic E-state index is 12.1. The average Bonchev–Trinajstić information content (AvgIpc) is 2.48. The Morgan fingerprint density at radius 3 is 2.80 bits per heavy atom. The minimum Gasteiger partial charge on any atom is -0.375 e. The molecule has 0 radical (unpaired) electrons. The molecule has 1 fully saturated rings. The number of aromatic nitrogens is 2. The van der Waals surface area contributed by atoms with E-state index in [2.05, 4.69) is 29.1 Å². The number of hydrogen-bond acceptors (Lipinski definition) is 4. The van der Waals surface area contributed by atoms with Gasteiger partial charge in [-0.2, -0.15) is 0 Å². The standard InChI is InChI=1S/C14H20ClN3O2/c1-3-14(4-2)7-10(5-6-20-14)18-13(19)11-8-17-12(15)9-16-11/h8-10H,3-7H2,1-2H3,(H,18,19). The summed E-state index contributed by atoms with van der Waals surface area (Å²) >= 11 is 5.66. The van der Waals surface area contributed by atoms with Crippen LogP contribution in [-0.2, 0) is 4.74 Å². The number of hydrogen-bond donors (Lipinski definition) is 1. The molecule has 0 saturated carbocycles. The second-order valence-corrected chi connectivity index (χ2v) is 5.51. The topological polar surface area (TPSA) is 64.1 Å². The minimum atomic E-state index is -0.206. The molecule has 1 aromatic heterocycles. The van der Waals surface area contributed by atoms with Crippen molar-refractivity contribution in [2.24, 2.45) is 0 Å². The summed E-state index contributed by atoms with van der Waals surface area (Å²) in [4.78, 5) is 20.0. The minimum absolute atomic E-state index is 0.109. The van der Waals surface area contributed by atoms with Crippen molar-refractivity contribution >= 4 is 17.5 Å². The molecule has 0 aromatic carbocycles. The van der Waals surface area contributed by atoms with Gasteiger partial charge in [-0.25, -0.2) is 9.97 Å². The van der Waals surface area contributed by atoms with E-state index in [-0.39, 0.29) is 22.7 Å². The zero-order chi connectivity index (χ0) is 14.6. The Balaban J connectivity index is 1.99. The van der Waals surface area contributed by atoms with E-state index >= 15 is 0 Å². The Hall–Kier alpha value is -1.20. The molecule has 110 valence electrons. The first kappa shape index (κ1) is 15.2. The number of rotatable bonds is 4. The quantitative estimate of drug-likeness (QED) is 0.928. The summed E-state index contributed by atoms with van der Waals surface area (Å²) in [7, 11) is 0. The molecule has 1 N–H and O–H groups in total. The van der Waals surface area contributed by atoms with Gasteiger partial charge in [0.25, 0.3) is 5.91 Å². The van der Waals surface area contributed by atoms with Crippen LogP contribution in [0, 0.1) is 0 Å². The molecule has 1 aliphatic heterocycles. The molecular weight excluding hydrogens is 278 g/mol. The summed E-state index contributed by atoms with van der Waals surface area (Å²) in [6.07, 6.45) is 6.35. The lowest BCUT2D eigenvalue weighted by Gasteiger charge is -2.40. The van der Waals surface area contributed by atoms with Crippen LogP contribution in [0.25, 0.3) is 0 Å². The van der Waals surface area contributed by atoms with E-state index in [1.54, 1.807) is 0 Å². The molecular formula is C14H20ClN3O2. The highest BCUT2D eigenvalue weighted by Crippen LogP contribution is 2.31. The molecule has 1 aromatic rings. The molecule has 0 spiro atoms. The number of ether oxygens (including phenoxy) is 1. The summed E-state index contributed by atoms with van der Waals surface area (Å²) in [5, 5.41) is 3.29. The van der Waals surface area contributed by atoms with Crippen molar-refractivity contribution in [2.75, 3.05) is 6.61 Å². The number of nitrogens with one attached hydrogen (secondary N) is 1. The molecule has 2 heterocycles. The lowest BCUT2D eigenvalue weighted by atomic mass is 9.86.